The average molecular weight is 394 g/mol. The van der Waals surface area contributed by atoms with Crippen molar-refractivity contribution in [1.29, 1.82) is 0 Å². The Morgan fingerprint density at radius 3 is 2.78 bits per heavy atom. The maximum absolute atomic E-state index is 12.1. The molecule has 0 unspecified atom stereocenters. The minimum absolute atomic E-state index is 0.0335. The van der Waals surface area contributed by atoms with Gasteiger partial charge in [-0.25, -0.2) is 4.79 Å². The number of aromatic nitrogens is 1. The summed E-state index contributed by atoms with van der Waals surface area (Å²) >= 11 is 6.35. The molecule has 0 bridgehead atoms. The van der Waals surface area contributed by atoms with Crippen LogP contribution in [0.25, 0.3) is 11.3 Å². The number of halogens is 1. The second kappa shape index (κ2) is 7.25. The predicted octanol–water partition coefficient (Wildman–Crippen LogP) is 2.66. The van der Waals surface area contributed by atoms with Crippen LogP contribution in [0.1, 0.15) is 24.2 Å². The van der Waals surface area contributed by atoms with Gasteiger partial charge in [-0.1, -0.05) is 25.4 Å². The zero-order valence-electron chi connectivity index (χ0n) is 15.0. The number of ether oxygens (including phenoxy) is 2. The zero-order valence-corrected chi connectivity index (χ0v) is 15.7. The quantitative estimate of drug-likeness (QED) is 0.810. The van der Waals surface area contributed by atoms with E-state index in [1.54, 1.807) is 16.7 Å². The van der Waals surface area contributed by atoms with Crippen molar-refractivity contribution in [1.82, 2.24) is 4.57 Å². The first-order valence-corrected chi connectivity index (χ1v) is 8.78. The number of carboxylic acid groups (broad SMARTS) is 1. The van der Waals surface area contributed by atoms with E-state index in [1.165, 1.54) is 12.3 Å². The lowest BCUT2D eigenvalue weighted by atomic mass is 9.96. The van der Waals surface area contributed by atoms with Crippen LogP contribution in [0.15, 0.2) is 29.2 Å². The molecule has 144 valence electrons. The highest BCUT2D eigenvalue weighted by atomic mass is 35.5. The first kappa shape index (κ1) is 19.3. The number of aliphatic hydroxyl groups is 1. The van der Waals surface area contributed by atoms with Crippen molar-refractivity contribution in [3.8, 4) is 22.8 Å². The van der Waals surface area contributed by atoms with Gasteiger partial charge in [0.15, 0.2) is 5.43 Å². The number of hydrogen-bond acceptors (Lipinski definition) is 5. The van der Waals surface area contributed by atoms with Gasteiger partial charge in [0.1, 0.15) is 23.7 Å². The molecule has 2 aromatic rings. The van der Waals surface area contributed by atoms with Crippen molar-refractivity contribution in [2.75, 3.05) is 19.8 Å². The van der Waals surface area contributed by atoms with Gasteiger partial charge in [-0.3, -0.25) is 4.79 Å². The Labute approximate surface area is 160 Å². The fourth-order valence-electron chi connectivity index (χ4n) is 2.69. The summed E-state index contributed by atoms with van der Waals surface area (Å²) in [5, 5.41) is 18.8. The average Bonchev–Trinajstić information content (AvgIpc) is 2.78. The van der Waals surface area contributed by atoms with E-state index in [1.807, 2.05) is 13.8 Å². The molecule has 1 aromatic carbocycles. The van der Waals surface area contributed by atoms with Crippen LogP contribution >= 0.6 is 11.6 Å². The largest absolute Gasteiger partial charge is 0.491 e. The van der Waals surface area contributed by atoms with E-state index >= 15 is 0 Å². The summed E-state index contributed by atoms with van der Waals surface area (Å²) in [7, 11) is 0. The van der Waals surface area contributed by atoms with Crippen LogP contribution in [0, 0.1) is 5.41 Å². The van der Waals surface area contributed by atoms with Crippen molar-refractivity contribution in [3.05, 3.63) is 45.2 Å². The number of nitrogens with zero attached hydrogens (tertiary/aromatic N) is 1. The zero-order chi connectivity index (χ0) is 19.8. The topological polar surface area (TPSA) is 98.0 Å². The fourth-order valence-corrected chi connectivity index (χ4v) is 2.91. The Morgan fingerprint density at radius 1 is 1.37 bits per heavy atom. The second-order valence-corrected chi connectivity index (χ2v) is 7.58. The van der Waals surface area contributed by atoms with Crippen LogP contribution in [0.5, 0.6) is 11.5 Å². The van der Waals surface area contributed by atoms with Crippen molar-refractivity contribution in [2.24, 2.45) is 5.41 Å². The third kappa shape index (κ3) is 3.94. The van der Waals surface area contributed by atoms with Crippen LogP contribution < -0.4 is 14.9 Å². The molecular weight excluding hydrogens is 374 g/mol. The molecule has 0 saturated carbocycles. The van der Waals surface area contributed by atoms with Gasteiger partial charge in [0.2, 0.25) is 0 Å². The number of rotatable bonds is 5. The molecule has 1 aromatic heterocycles. The van der Waals surface area contributed by atoms with Crippen LogP contribution in [0.4, 0.5) is 0 Å². The van der Waals surface area contributed by atoms with E-state index in [9.17, 15) is 14.7 Å². The monoisotopic (exact) mass is 393 g/mol. The van der Waals surface area contributed by atoms with Crippen molar-refractivity contribution < 1.29 is 24.5 Å². The number of hydrogen-bond donors (Lipinski definition) is 2. The summed E-state index contributed by atoms with van der Waals surface area (Å²) < 4.78 is 13.2. The third-order valence-electron chi connectivity index (χ3n) is 4.30. The number of benzene rings is 1. The van der Waals surface area contributed by atoms with Gasteiger partial charge in [-0.15, -0.1) is 0 Å². The van der Waals surface area contributed by atoms with E-state index in [2.05, 4.69) is 0 Å². The van der Waals surface area contributed by atoms with E-state index in [4.69, 9.17) is 26.2 Å². The normalized spacial score (nSPS) is 13.2. The third-order valence-corrected chi connectivity index (χ3v) is 4.60. The molecule has 0 atom stereocenters. The van der Waals surface area contributed by atoms with Crippen LogP contribution in [-0.4, -0.2) is 40.6 Å². The summed E-state index contributed by atoms with van der Waals surface area (Å²) in [6.07, 6.45) is 1.32. The Hall–Kier alpha value is -2.51. The summed E-state index contributed by atoms with van der Waals surface area (Å²) in [5.41, 5.74) is -0.186. The van der Waals surface area contributed by atoms with Gasteiger partial charge >= 0.3 is 5.97 Å². The van der Waals surface area contributed by atoms with Gasteiger partial charge in [-0.05, 0) is 6.07 Å². The summed E-state index contributed by atoms with van der Waals surface area (Å²) in [4.78, 5) is 23.4. The lowest BCUT2D eigenvalue weighted by molar-refractivity contribution is 0.0694. The first-order chi connectivity index (χ1) is 12.7. The van der Waals surface area contributed by atoms with Gasteiger partial charge in [0.25, 0.3) is 0 Å². The number of carboxylic acids is 1. The molecule has 1 aliphatic rings. The summed E-state index contributed by atoms with van der Waals surface area (Å²) in [6.45, 7) is 4.64. The molecule has 1 aliphatic heterocycles. The Balaban J connectivity index is 2.04. The van der Waals surface area contributed by atoms with Crippen LogP contribution in [-0.2, 0) is 6.54 Å². The number of aliphatic hydroxyl groups excluding tert-OH is 1. The van der Waals surface area contributed by atoms with Crippen molar-refractivity contribution in [2.45, 2.75) is 20.4 Å². The molecule has 27 heavy (non-hydrogen) atoms. The van der Waals surface area contributed by atoms with E-state index < -0.39 is 16.8 Å². The maximum Gasteiger partial charge on any atom is 0.341 e. The molecule has 2 N–H and O–H groups in total. The van der Waals surface area contributed by atoms with E-state index in [-0.39, 0.29) is 18.8 Å². The second-order valence-electron chi connectivity index (χ2n) is 7.17. The van der Waals surface area contributed by atoms with E-state index in [0.717, 1.165) is 0 Å². The SMILES string of the molecule is CC(C)(CO)COc1cc2c(cc1Cl)-c1cc(=O)c(C(=O)O)cn1CCO2. The highest BCUT2D eigenvalue weighted by molar-refractivity contribution is 6.32. The summed E-state index contributed by atoms with van der Waals surface area (Å²) in [6, 6.07) is 4.56. The predicted molar refractivity (Wildman–Crippen MR) is 100.0 cm³/mol. The number of aromatic carboxylic acids is 1. The minimum atomic E-state index is -1.27. The molecule has 0 fully saturated rings. The Kier molecular flexibility index (Phi) is 5.17. The summed E-state index contributed by atoms with van der Waals surface area (Å²) in [5.74, 6) is -0.367. The molecule has 8 heteroatoms. The smallest absolute Gasteiger partial charge is 0.341 e. The number of pyridine rings is 1. The molecule has 0 spiro atoms. The maximum atomic E-state index is 12.1. The lowest BCUT2D eigenvalue weighted by Crippen LogP contribution is -2.25. The van der Waals surface area contributed by atoms with Gasteiger partial charge in [0, 0.05) is 29.3 Å². The van der Waals surface area contributed by atoms with E-state index in [0.29, 0.717) is 40.9 Å². The van der Waals surface area contributed by atoms with Gasteiger partial charge < -0.3 is 24.3 Å². The van der Waals surface area contributed by atoms with Gasteiger partial charge in [-0.2, -0.15) is 0 Å². The molecule has 2 heterocycles. The molecule has 0 radical (unpaired) electrons. The van der Waals surface area contributed by atoms with Crippen molar-refractivity contribution in [3.63, 3.8) is 0 Å². The first-order valence-electron chi connectivity index (χ1n) is 8.40. The number of fused-ring (bicyclic) bond motifs is 3. The highest BCUT2D eigenvalue weighted by Gasteiger charge is 2.23. The minimum Gasteiger partial charge on any atom is -0.491 e. The number of carbonyl (C=O) groups is 1. The van der Waals surface area contributed by atoms with Crippen LogP contribution in [0.3, 0.4) is 0 Å². The lowest BCUT2D eigenvalue weighted by Gasteiger charge is -2.22. The molecule has 0 amide bonds. The standard InChI is InChI=1S/C19H20ClNO6/c1-19(2,9-22)10-27-17-7-16-11(5-13(17)20)14-6-15(23)12(18(24)25)8-21(14)3-4-26-16/h5-8,22H,3-4,9-10H2,1-2H3,(H,24,25). The van der Waals surface area contributed by atoms with Crippen LogP contribution in [0.2, 0.25) is 5.02 Å². The van der Waals surface area contributed by atoms with Crippen molar-refractivity contribution >= 4 is 17.6 Å². The molecule has 0 aliphatic carbocycles. The Morgan fingerprint density at radius 2 is 2.11 bits per heavy atom. The Bertz CT molecular complexity index is 950. The molecule has 0 saturated heterocycles. The fraction of sp³-hybridized carbons (Fsp3) is 0.368. The molecular formula is C19H20ClNO6. The molecule has 3 rings (SSSR count). The highest BCUT2D eigenvalue weighted by Crippen LogP contribution is 2.40. The van der Waals surface area contributed by atoms with Gasteiger partial charge in [0.05, 0.1) is 30.5 Å². The molecule has 7 nitrogen and oxygen atoms in total.